The summed E-state index contributed by atoms with van der Waals surface area (Å²) < 4.78 is 10.6. The molecule has 0 saturated heterocycles. The van der Waals surface area contributed by atoms with E-state index in [1.165, 1.54) is 12.3 Å². The van der Waals surface area contributed by atoms with Crippen LogP contribution < -0.4 is 10.1 Å². The Labute approximate surface area is 117 Å². The number of ether oxygens (including phenoxy) is 1. The third-order valence-corrected chi connectivity index (χ3v) is 2.93. The first-order valence-electron chi connectivity index (χ1n) is 6.48. The number of aryl methyl sites for hydroxylation is 2. The van der Waals surface area contributed by atoms with Crippen molar-refractivity contribution in [3.63, 3.8) is 0 Å². The summed E-state index contributed by atoms with van der Waals surface area (Å²) in [5, 5.41) is 6.29. The van der Waals surface area contributed by atoms with Crippen molar-refractivity contribution in [2.24, 2.45) is 0 Å². The SMILES string of the molecule is Cc1cccc(C)c1OCC(C)NC(=O)c1ccno1. The molecule has 0 bridgehead atoms. The van der Waals surface area contributed by atoms with Gasteiger partial charge in [0.2, 0.25) is 5.76 Å². The van der Waals surface area contributed by atoms with Gasteiger partial charge in [0.25, 0.3) is 5.91 Å². The molecule has 1 heterocycles. The lowest BCUT2D eigenvalue weighted by molar-refractivity contribution is 0.0889. The lowest BCUT2D eigenvalue weighted by Gasteiger charge is -2.16. The number of hydrogen-bond donors (Lipinski definition) is 1. The molecule has 0 spiro atoms. The van der Waals surface area contributed by atoms with Crippen LogP contribution in [-0.2, 0) is 0 Å². The largest absolute Gasteiger partial charge is 0.491 e. The summed E-state index contributed by atoms with van der Waals surface area (Å²) in [7, 11) is 0. The van der Waals surface area contributed by atoms with Crippen molar-refractivity contribution in [1.82, 2.24) is 10.5 Å². The summed E-state index contributed by atoms with van der Waals surface area (Å²) in [5.74, 6) is 0.775. The number of nitrogens with one attached hydrogen (secondary N) is 1. The Hall–Kier alpha value is -2.30. The molecule has 106 valence electrons. The summed E-state index contributed by atoms with van der Waals surface area (Å²) in [6.07, 6.45) is 1.44. The number of hydrogen-bond acceptors (Lipinski definition) is 4. The summed E-state index contributed by atoms with van der Waals surface area (Å²) in [6, 6.07) is 7.38. The van der Waals surface area contributed by atoms with Crippen LogP contribution in [-0.4, -0.2) is 23.7 Å². The van der Waals surface area contributed by atoms with E-state index in [1.54, 1.807) is 0 Å². The third-order valence-electron chi connectivity index (χ3n) is 2.93. The lowest BCUT2D eigenvalue weighted by Crippen LogP contribution is -2.36. The van der Waals surface area contributed by atoms with Crippen molar-refractivity contribution in [3.05, 3.63) is 47.3 Å². The Kier molecular flexibility index (Phi) is 4.40. The number of nitrogens with zero attached hydrogens (tertiary/aromatic N) is 1. The average molecular weight is 274 g/mol. The van der Waals surface area contributed by atoms with Gasteiger partial charge in [-0.15, -0.1) is 0 Å². The van der Waals surface area contributed by atoms with E-state index in [9.17, 15) is 4.79 Å². The number of benzene rings is 1. The van der Waals surface area contributed by atoms with E-state index in [0.29, 0.717) is 6.61 Å². The van der Waals surface area contributed by atoms with Crippen molar-refractivity contribution in [2.75, 3.05) is 6.61 Å². The normalized spacial score (nSPS) is 11.9. The van der Waals surface area contributed by atoms with Gasteiger partial charge in [-0.1, -0.05) is 23.4 Å². The second kappa shape index (κ2) is 6.23. The van der Waals surface area contributed by atoms with Gasteiger partial charge in [0.05, 0.1) is 12.2 Å². The molecule has 1 unspecified atom stereocenters. The first-order chi connectivity index (χ1) is 9.58. The fourth-order valence-electron chi connectivity index (χ4n) is 1.90. The number of rotatable bonds is 5. The molecule has 0 aliphatic heterocycles. The average Bonchev–Trinajstić information content (AvgIpc) is 2.92. The van der Waals surface area contributed by atoms with Gasteiger partial charge in [-0.3, -0.25) is 4.79 Å². The standard InChI is InChI=1S/C15H18N2O3/c1-10-5-4-6-11(2)14(10)19-9-12(3)17-15(18)13-7-8-16-20-13/h4-8,12H,9H2,1-3H3,(H,17,18). The first kappa shape index (κ1) is 14.1. The highest BCUT2D eigenvalue weighted by atomic mass is 16.5. The minimum atomic E-state index is -0.292. The predicted molar refractivity (Wildman–Crippen MR) is 74.8 cm³/mol. The van der Waals surface area contributed by atoms with Crippen LogP contribution >= 0.6 is 0 Å². The zero-order valence-electron chi connectivity index (χ0n) is 11.8. The molecule has 1 atom stereocenters. The van der Waals surface area contributed by atoms with Crippen LogP contribution in [0.4, 0.5) is 0 Å². The Morgan fingerprint density at radius 1 is 1.35 bits per heavy atom. The van der Waals surface area contributed by atoms with Gasteiger partial charge in [-0.05, 0) is 31.9 Å². The van der Waals surface area contributed by atoms with Crippen molar-refractivity contribution >= 4 is 5.91 Å². The highest BCUT2D eigenvalue weighted by molar-refractivity contribution is 5.91. The van der Waals surface area contributed by atoms with E-state index in [2.05, 4.69) is 10.5 Å². The minimum absolute atomic E-state index is 0.133. The Morgan fingerprint density at radius 3 is 2.65 bits per heavy atom. The fraction of sp³-hybridized carbons (Fsp3) is 0.333. The van der Waals surface area contributed by atoms with Crippen molar-refractivity contribution < 1.29 is 14.1 Å². The monoisotopic (exact) mass is 274 g/mol. The quantitative estimate of drug-likeness (QED) is 0.909. The molecule has 5 nitrogen and oxygen atoms in total. The molecular formula is C15H18N2O3. The van der Waals surface area contributed by atoms with Crippen LogP contribution in [0.5, 0.6) is 5.75 Å². The van der Waals surface area contributed by atoms with Gasteiger partial charge in [-0.2, -0.15) is 0 Å². The van der Waals surface area contributed by atoms with Gasteiger partial charge in [0.15, 0.2) is 0 Å². The van der Waals surface area contributed by atoms with Gasteiger partial charge in [-0.25, -0.2) is 0 Å². The van der Waals surface area contributed by atoms with Gasteiger partial charge < -0.3 is 14.6 Å². The molecular weight excluding hydrogens is 256 g/mol. The fourth-order valence-corrected chi connectivity index (χ4v) is 1.90. The third kappa shape index (κ3) is 3.38. The number of amides is 1. The number of carbonyl (C=O) groups is 1. The molecule has 1 N–H and O–H groups in total. The minimum Gasteiger partial charge on any atom is -0.491 e. The molecule has 0 saturated carbocycles. The molecule has 20 heavy (non-hydrogen) atoms. The van der Waals surface area contributed by atoms with Crippen LogP contribution in [0.15, 0.2) is 35.0 Å². The molecule has 0 radical (unpaired) electrons. The van der Waals surface area contributed by atoms with E-state index in [1.807, 2.05) is 39.0 Å². The van der Waals surface area contributed by atoms with Gasteiger partial charge in [0.1, 0.15) is 12.4 Å². The molecule has 1 amide bonds. The van der Waals surface area contributed by atoms with Crippen LogP contribution in [0.3, 0.4) is 0 Å². The smallest absolute Gasteiger partial charge is 0.290 e. The van der Waals surface area contributed by atoms with Crippen LogP contribution in [0, 0.1) is 13.8 Å². The zero-order valence-corrected chi connectivity index (χ0v) is 11.8. The Morgan fingerprint density at radius 2 is 2.05 bits per heavy atom. The van der Waals surface area contributed by atoms with Crippen LogP contribution in [0.1, 0.15) is 28.6 Å². The van der Waals surface area contributed by atoms with Crippen LogP contribution in [0.2, 0.25) is 0 Å². The van der Waals surface area contributed by atoms with Crippen molar-refractivity contribution in [2.45, 2.75) is 26.8 Å². The molecule has 2 rings (SSSR count). The van der Waals surface area contributed by atoms with Crippen LogP contribution in [0.25, 0.3) is 0 Å². The number of para-hydroxylation sites is 1. The zero-order chi connectivity index (χ0) is 14.5. The molecule has 5 heteroatoms. The maximum atomic E-state index is 11.8. The molecule has 1 aromatic carbocycles. The van der Waals surface area contributed by atoms with E-state index in [-0.39, 0.29) is 17.7 Å². The molecule has 0 aliphatic rings. The van der Waals surface area contributed by atoms with E-state index in [4.69, 9.17) is 9.26 Å². The topological polar surface area (TPSA) is 64.4 Å². The van der Waals surface area contributed by atoms with E-state index in [0.717, 1.165) is 16.9 Å². The second-order valence-corrected chi connectivity index (χ2v) is 4.78. The summed E-state index contributed by atoms with van der Waals surface area (Å²) in [6.45, 7) is 6.27. The Balaban J connectivity index is 1.89. The summed E-state index contributed by atoms with van der Waals surface area (Å²) in [4.78, 5) is 11.8. The summed E-state index contributed by atoms with van der Waals surface area (Å²) >= 11 is 0. The molecule has 0 fully saturated rings. The van der Waals surface area contributed by atoms with Gasteiger partial charge >= 0.3 is 0 Å². The highest BCUT2D eigenvalue weighted by Crippen LogP contribution is 2.22. The predicted octanol–water partition coefficient (Wildman–Crippen LogP) is 2.49. The molecule has 2 aromatic rings. The number of aromatic nitrogens is 1. The van der Waals surface area contributed by atoms with Crippen molar-refractivity contribution in [1.29, 1.82) is 0 Å². The maximum Gasteiger partial charge on any atom is 0.290 e. The van der Waals surface area contributed by atoms with E-state index >= 15 is 0 Å². The molecule has 1 aromatic heterocycles. The first-order valence-corrected chi connectivity index (χ1v) is 6.48. The summed E-state index contributed by atoms with van der Waals surface area (Å²) in [5.41, 5.74) is 2.16. The lowest BCUT2D eigenvalue weighted by atomic mass is 10.1. The van der Waals surface area contributed by atoms with E-state index < -0.39 is 0 Å². The second-order valence-electron chi connectivity index (χ2n) is 4.78. The maximum absolute atomic E-state index is 11.8. The number of carbonyl (C=O) groups excluding carboxylic acids is 1. The highest BCUT2D eigenvalue weighted by Gasteiger charge is 2.14. The Bertz CT molecular complexity index is 559. The van der Waals surface area contributed by atoms with Crippen molar-refractivity contribution in [3.8, 4) is 5.75 Å². The molecule has 0 aliphatic carbocycles. The van der Waals surface area contributed by atoms with Gasteiger partial charge in [0, 0.05) is 6.07 Å².